The number of hydrogen-bond acceptors (Lipinski definition) is 6. The van der Waals surface area contributed by atoms with E-state index in [9.17, 15) is 9.18 Å². The van der Waals surface area contributed by atoms with Gasteiger partial charge in [-0.3, -0.25) is 4.79 Å². The molecule has 1 aliphatic heterocycles. The molecule has 5 rings (SSSR count). The lowest BCUT2D eigenvalue weighted by molar-refractivity contribution is -0.111. The van der Waals surface area contributed by atoms with Gasteiger partial charge >= 0.3 is 0 Å². The number of nitrogens with zero attached hydrogens (tertiary/aromatic N) is 3. The first-order valence-electron chi connectivity index (χ1n) is 11.6. The molecule has 1 saturated carbocycles. The Hall–Kier alpha value is -3.51. The molecule has 1 aromatic heterocycles. The Morgan fingerprint density at radius 1 is 1.33 bits per heavy atom. The molecule has 1 amide bonds. The van der Waals surface area contributed by atoms with E-state index in [2.05, 4.69) is 32.4 Å². The second-order valence-electron chi connectivity index (χ2n) is 9.37. The van der Waals surface area contributed by atoms with Crippen molar-refractivity contribution in [2.45, 2.75) is 6.42 Å². The zero-order valence-electron chi connectivity index (χ0n) is 19.9. The fraction of sp³-hybridized carbons (Fsp3) is 0.296. The summed E-state index contributed by atoms with van der Waals surface area (Å²) in [6.07, 6.45) is 5.78. The highest BCUT2D eigenvalue weighted by Crippen LogP contribution is 2.56. The van der Waals surface area contributed by atoms with Gasteiger partial charge < -0.3 is 20.3 Å². The highest BCUT2D eigenvalue weighted by Gasteiger charge is 2.57. The van der Waals surface area contributed by atoms with E-state index in [4.69, 9.17) is 16.3 Å². The first kappa shape index (κ1) is 24.2. The maximum Gasteiger partial charge on any atom is 0.248 e. The van der Waals surface area contributed by atoms with E-state index in [1.165, 1.54) is 24.5 Å². The first-order valence-corrected chi connectivity index (χ1v) is 11.9. The van der Waals surface area contributed by atoms with E-state index >= 15 is 0 Å². The van der Waals surface area contributed by atoms with Gasteiger partial charge in [0, 0.05) is 29.6 Å². The van der Waals surface area contributed by atoms with Crippen LogP contribution in [0.3, 0.4) is 0 Å². The van der Waals surface area contributed by atoms with Crippen LogP contribution in [0.2, 0.25) is 5.02 Å². The van der Waals surface area contributed by atoms with E-state index in [0.29, 0.717) is 52.7 Å². The first-order chi connectivity index (χ1) is 17.3. The van der Waals surface area contributed by atoms with Gasteiger partial charge in [-0.05, 0) is 50.8 Å². The van der Waals surface area contributed by atoms with Crippen LogP contribution in [0.1, 0.15) is 12.0 Å². The van der Waals surface area contributed by atoms with Crippen LogP contribution in [0.5, 0.6) is 0 Å². The molecule has 184 valence electrons. The van der Waals surface area contributed by atoms with Gasteiger partial charge in [-0.15, -0.1) is 0 Å². The van der Waals surface area contributed by atoms with E-state index in [1.807, 2.05) is 25.1 Å². The standard InChI is InChI=1S/C27H25ClFN5O2/c1-34(2)9-3-4-25(35)33-23-12-20-24(10-17(23)7-8-27-13-18(27)14-36-15-27)30-16-31-26(20)32-19-5-6-22(29)21(28)11-19/h3-6,10-12,16,18H,9,13-15H2,1-2H3,(H,33,35)(H,30,31,32)/b4-3+/t18-,27+/m0/s1. The van der Waals surface area contributed by atoms with Crippen LogP contribution >= 0.6 is 11.6 Å². The average Bonchev–Trinajstić information content (AvgIpc) is 3.38. The van der Waals surface area contributed by atoms with Crippen molar-refractivity contribution in [2.24, 2.45) is 11.3 Å². The van der Waals surface area contributed by atoms with Gasteiger partial charge in [-0.25, -0.2) is 14.4 Å². The number of rotatable bonds is 6. The van der Waals surface area contributed by atoms with E-state index in [1.54, 1.807) is 18.2 Å². The molecule has 0 radical (unpaired) electrons. The number of fused-ring (bicyclic) bond motifs is 2. The minimum Gasteiger partial charge on any atom is -0.380 e. The Kier molecular flexibility index (Phi) is 6.63. The summed E-state index contributed by atoms with van der Waals surface area (Å²) in [5, 5.41) is 6.79. The van der Waals surface area contributed by atoms with Crippen molar-refractivity contribution in [3.63, 3.8) is 0 Å². The van der Waals surface area contributed by atoms with Crippen LogP contribution in [-0.2, 0) is 9.53 Å². The van der Waals surface area contributed by atoms with Gasteiger partial charge in [-0.1, -0.05) is 29.5 Å². The Morgan fingerprint density at radius 2 is 2.19 bits per heavy atom. The maximum absolute atomic E-state index is 13.6. The number of carbonyl (C=O) groups excluding carboxylic acids is 1. The topological polar surface area (TPSA) is 79.4 Å². The van der Waals surface area contributed by atoms with Gasteiger partial charge in [0.2, 0.25) is 5.91 Å². The number of halogens is 2. The molecule has 2 N–H and O–H groups in total. The Balaban J connectivity index is 1.51. The fourth-order valence-corrected chi connectivity index (χ4v) is 4.39. The smallest absolute Gasteiger partial charge is 0.248 e. The number of anilines is 3. The predicted molar refractivity (Wildman–Crippen MR) is 139 cm³/mol. The summed E-state index contributed by atoms with van der Waals surface area (Å²) >= 11 is 5.94. The predicted octanol–water partition coefficient (Wildman–Crippen LogP) is 4.61. The Bertz CT molecular complexity index is 1430. The third-order valence-corrected chi connectivity index (χ3v) is 6.60. The van der Waals surface area contributed by atoms with Gasteiger partial charge in [0.15, 0.2) is 0 Å². The molecule has 2 fully saturated rings. The second kappa shape index (κ2) is 9.86. The highest BCUT2D eigenvalue weighted by atomic mass is 35.5. The molecule has 0 spiro atoms. The van der Waals surface area contributed by atoms with Crippen molar-refractivity contribution < 1.29 is 13.9 Å². The molecule has 2 aromatic carbocycles. The lowest BCUT2D eigenvalue weighted by Crippen LogP contribution is -2.13. The number of ether oxygens (including phenoxy) is 1. The molecule has 0 unspecified atom stereocenters. The van der Waals surface area contributed by atoms with Gasteiger partial charge in [0.05, 0.1) is 40.4 Å². The van der Waals surface area contributed by atoms with Crippen molar-refractivity contribution in [1.29, 1.82) is 0 Å². The van der Waals surface area contributed by atoms with E-state index in [-0.39, 0.29) is 16.3 Å². The average molecular weight is 506 g/mol. The summed E-state index contributed by atoms with van der Waals surface area (Å²) in [6, 6.07) is 7.98. The van der Waals surface area contributed by atoms with Crippen molar-refractivity contribution in [3.8, 4) is 11.8 Å². The molecule has 3 aromatic rings. The SMILES string of the molecule is CN(C)C/C=C/C(=O)Nc1cc2c(Nc3ccc(F)c(Cl)c3)ncnc2cc1C#C[C@@]12COC[C@@H]1C2. The summed E-state index contributed by atoms with van der Waals surface area (Å²) in [4.78, 5) is 23.4. The summed E-state index contributed by atoms with van der Waals surface area (Å²) in [5.74, 6) is 6.88. The molecule has 2 aliphatic rings. The molecule has 1 aliphatic carbocycles. The molecule has 7 nitrogen and oxygen atoms in total. The summed E-state index contributed by atoms with van der Waals surface area (Å²) in [5.41, 5.74) is 2.36. The number of aromatic nitrogens is 2. The van der Waals surface area contributed by atoms with Crippen LogP contribution < -0.4 is 10.6 Å². The van der Waals surface area contributed by atoms with E-state index in [0.717, 1.165) is 13.0 Å². The highest BCUT2D eigenvalue weighted by molar-refractivity contribution is 6.31. The summed E-state index contributed by atoms with van der Waals surface area (Å²) in [7, 11) is 3.86. The van der Waals surface area contributed by atoms with Crippen molar-refractivity contribution in [1.82, 2.24) is 14.9 Å². The minimum absolute atomic E-state index is 0.00188. The van der Waals surface area contributed by atoms with Crippen LogP contribution in [0.4, 0.5) is 21.6 Å². The second-order valence-corrected chi connectivity index (χ2v) is 9.77. The number of nitrogens with one attached hydrogen (secondary N) is 2. The molecule has 2 atom stereocenters. The van der Waals surface area contributed by atoms with Crippen molar-refractivity contribution >= 4 is 45.6 Å². The monoisotopic (exact) mass is 505 g/mol. The maximum atomic E-state index is 13.6. The largest absolute Gasteiger partial charge is 0.380 e. The lowest BCUT2D eigenvalue weighted by Gasteiger charge is -2.12. The third-order valence-electron chi connectivity index (χ3n) is 6.31. The van der Waals surface area contributed by atoms with E-state index < -0.39 is 5.82 Å². The van der Waals surface area contributed by atoms with Crippen molar-refractivity contribution in [2.75, 3.05) is 44.5 Å². The minimum atomic E-state index is -0.504. The Morgan fingerprint density at radius 3 is 2.92 bits per heavy atom. The quantitative estimate of drug-likeness (QED) is 0.376. The Labute approximate surface area is 213 Å². The molecule has 36 heavy (non-hydrogen) atoms. The van der Waals surface area contributed by atoms with Crippen molar-refractivity contribution in [3.05, 3.63) is 65.2 Å². The molecule has 9 heteroatoms. The molecule has 2 heterocycles. The number of likely N-dealkylation sites (N-methyl/N-ethyl adjacent to an activating group) is 1. The van der Waals surface area contributed by atoms with Crippen LogP contribution in [-0.4, -0.2) is 54.6 Å². The van der Waals surface area contributed by atoms with Gasteiger partial charge in [0.1, 0.15) is 18.0 Å². The number of carbonyl (C=O) groups is 1. The molecular formula is C27H25ClFN5O2. The zero-order valence-corrected chi connectivity index (χ0v) is 20.7. The molecular weight excluding hydrogens is 481 g/mol. The normalized spacial score (nSPS) is 20.3. The number of benzene rings is 2. The van der Waals surface area contributed by atoms with Crippen LogP contribution in [0.15, 0.2) is 48.8 Å². The van der Waals surface area contributed by atoms with Crippen LogP contribution in [0, 0.1) is 29.0 Å². The molecule has 1 saturated heterocycles. The number of hydrogen-bond donors (Lipinski definition) is 2. The zero-order chi connectivity index (χ0) is 25.3. The summed E-state index contributed by atoms with van der Waals surface area (Å²) in [6.45, 7) is 2.04. The number of amides is 1. The fourth-order valence-electron chi connectivity index (χ4n) is 4.21. The summed E-state index contributed by atoms with van der Waals surface area (Å²) < 4.78 is 19.2. The lowest BCUT2D eigenvalue weighted by atomic mass is 10.0. The van der Waals surface area contributed by atoms with Gasteiger partial charge in [-0.2, -0.15) is 0 Å². The third kappa shape index (κ3) is 5.19. The molecule has 0 bridgehead atoms. The van der Waals surface area contributed by atoms with Gasteiger partial charge in [0.25, 0.3) is 0 Å². The van der Waals surface area contributed by atoms with Crippen LogP contribution in [0.25, 0.3) is 10.9 Å².